The molecule has 3 nitrogen and oxygen atoms in total. The number of aliphatic hydroxyl groups excluding tert-OH is 1. The standard InChI is InChI=1S/C16H17FO3/c1-10-7-11(9-12(17)8-10)15(18)13-5-4-6-14(19-2)16(13)20-3/h4-9,15,18H,1-3H3. The van der Waals surface area contributed by atoms with Gasteiger partial charge in [-0.05, 0) is 36.2 Å². The van der Waals surface area contributed by atoms with Gasteiger partial charge >= 0.3 is 0 Å². The summed E-state index contributed by atoms with van der Waals surface area (Å²) in [4.78, 5) is 0. The summed E-state index contributed by atoms with van der Waals surface area (Å²) in [5, 5.41) is 10.5. The van der Waals surface area contributed by atoms with Crippen LogP contribution in [0.5, 0.6) is 11.5 Å². The van der Waals surface area contributed by atoms with Crippen LogP contribution in [0.25, 0.3) is 0 Å². The number of hydrogen-bond donors (Lipinski definition) is 1. The van der Waals surface area contributed by atoms with Crippen LogP contribution in [0.3, 0.4) is 0 Å². The molecule has 1 unspecified atom stereocenters. The van der Waals surface area contributed by atoms with E-state index < -0.39 is 6.10 Å². The van der Waals surface area contributed by atoms with Crippen molar-refractivity contribution >= 4 is 0 Å². The molecule has 1 atom stereocenters. The fourth-order valence-electron chi connectivity index (χ4n) is 2.23. The second-order valence-corrected chi connectivity index (χ2v) is 4.55. The quantitative estimate of drug-likeness (QED) is 0.931. The molecule has 4 heteroatoms. The van der Waals surface area contributed by atoms with Crippen molar-refractivity contribution in [2.45, 2.75) is 13.0 Å². The van der Waals surface area contributed by atoms with E-state index in [1.165, 1.54) is 26.4 Å². The second-order valence-electron chi connectivity index (χ2n) is 4.55. The summed E-state index contributed by atoms with van der Waals surface area (Å²) in [5.41, 5.74) is 1.77. The highest BCUT2D eigenvalue weighted by molar-refractivity contribution is 5.50. The largest absolute Gasteiger partial charge is 0.493 e. The number of para-hydroxylation sites is 1. The van der Waals surface area contributed by atoms with E-state index in [1.54, 1.807) is 31.2 Å². The number of ether oxygens (including phenoxy) is 2. The maximum atomic E-state index is 13.5. The highest BCUT2D eigenvalue weighted by atomic mass is 19.1. The molecule has 2 aromatic carbocycles. The van der Waals surface area contributed by atoms with Gasteiger partial charge in [0.2, 0.25) is 0 Å². The zero-order valence-corrected chi connectivity index (χ0v) is 11.7. The molecule has 0 aliphatic heterocycles. The molecule has 0 fully saturated rings. The molecule has 0 saturated heterocycles. The zero-order valence-electron chi connectivity index (χ0n) is 11.7. The SMILES string of the molecule is COc1cccc(C(O)c2cc(C)cc(F)c2)c1OC. The zero-order chi connectivity index (χ0) is 14.7. The maximum Gasteiger partial charge on any atom is 0.166 e. The first-order valence-electron chi connectivity index (χ1n) is 6.23. The van der Waals surface area contributed by atoms with Crippen LogP contribution in [-0.4, -0.2) is 19.3 Å². The van der Waals surface area contributed by atoms with Gasteiger partial charge in [0, 0.05) is 5.56 Å². The number of rotatable bonds is 4. The lowest BCUT2D eigenvalue weighted by molar-refractivity contribution is 0.212. The molecule has 0 radical (unpaired) electrons. The highest BCUT2D eigenvalue weighted by Gasteiger charge is 2.19. The number of halogens is 1. The van der Waals surface area contributed by atoms with Gasteiger partial charge in [-0.1, -0.05) is 18.2 Å². The van der Waals surface area contributed by atoms with Crippen molar-refractivity contribution in [2.75, 3.05) is 14.2 Å². The van der Waals surface area contributed by atoms with E-state index in [4.69, 9.17) is 9.47 Å². The molecule has 2 aromatic rings. The van der Waals surface area contributed by atoms with Gasteiger partial charge in [0.15, 0.2) is 11.5 Å². The Labute approximate surface area is 117 Å². The number of aliphatic hydroxyl groups is 1. The van der Waals surface area contributed by atoms with Gasteiger partial charge in [-0.15, -0.1) is 0 Å². The summed E-state index contributed by atoms with van der Waals surface area (Å²) in [6.45, 7) is 1.78. The Bertz CT molecular complexity index is 590. The van der Waals surface area contributed by atoms with E-state index in [-0.39, 0.29) is 5.82 Å². The van der Waals surface area contributed by atoms with Crippen LogP contribution in [0.4, 0.5) is 4.39 Å². The van der Waals surface area contributed by atoms with E-state index >= 15 is 0 Å². The maximum absolute atomic E-state index is 13.5. The molecule has 20 heavy (non-hydrogen) atoms. The van der Waals surface area contributed by atoms with Gasteiger partial charge in [-0.3, -0.25) is 0 Å². The lowest BCUT2D eigenvalue weighted by Gasteiger charge is -2.17. The third-order valence-electron chi connectivity index (χ3n) is 3.11. The molecular formula is C16H17FO3. The molecule has 0 saturated carbocycles. The smallest absolute Gasteiger partial charge is 0.166 e. The Morgan fingerprint density at radius 3 is 2.45 bits per heavy atom. The van der Waals surface area contributed by atoms with Crippen molar-refractivity contribution in [2.24, 2.45) is 0 Å². The fraction of sp³-hybridized carbons (Fsp3) is 0.250. The van der Waals surface area contributed by atoms with Crippen molar-refractivity contribution in [3.05, 3.63) is 58.9 Å². The highest BCUT2D eigenvalue weighted by Crippen LogP contribution is 2.37. The average molecular weight is 276 g/mol. The summed E-state index contributed by atoms with van der Waals surface area (Å²) in [7, 11) is 3.03. The van der Waals surface area contributed by atoms with E-state index in [1.807, 2.05) is 0 Å². The van der Waals surface area contributed by atoms with Crippen LogP contribution in [0.1, 0.15) is 22.8 Å². The first-order chi connectivity index (χ1) is 9.56. The van der Waals surface area contributed by atoms with Gasteiger partial charge in [0.05, 0.1) is 14.2 Å². The van der Waals surface area contributed by atoms with Crippen LogP contribution in [0.2, 0.25) is 0 Å². The average Bonchev–Trinajstić information content (AvgIpc) is 2.44. The topological polar surface area (TPSA) is 38.7 Å². The summed E-state index contributed by atoms with van der Waals surface area (Å²) >= 11 is 0. The van der Waals surface area contributed by atoms with Gasteiger partial charge in [0.25, 0.3) is 0 Å². The number of benzene rings is 2. The van der Waals surface area contributed by atoms with Gasteiger partial charge < -0.3 is 14.6 Å². The molecule has 106 valence electrons. The minimum Gasteiger partial charge on any atom is -0.493 e. The predicted molar refractivity (Wildman–Crippen MR) is 74.7 cm³/mol. The Morgan fingerprint density at radius 1 is 1.10 bits per heavy atom. The Kier molecular flexibility index (Phi) is 4.25. The molecule has 1 N–H and O–H groups in total. The fourth-order valence-corrected chi connectivity index (χ4v) is 2.23. The van der Waals surface area contributed by atoms with Crippen LogP contribution in [-0.2, 0) is 0 Å². The summed E-state index contributed by atoms with van der Waals surface area (Å²) in [6.07, 6.45) is -0.977. The number of aryl methyl sites for hydroxylation is 1. The molecule has 0 aliphatic carbocycles. The van der Waals surface area contributed by atoms with E-state index in [9.17, 15) is 9.50 Å². The Morgan fingerprint density at radius 2 is 1.85 bits per heavy atom. The molecule has 0 amide bonds. The molecule has 0 aliphatic rings. The van der Waals surface area contributed by atoms with Crippen LogP contribution < -0.4 is 9.47 Å². The Hall–Kier alpha value is -2.07. The van der Waals surface area contributed by atoms with Gasteiger partial charge in [0.1, 0.15) is 11.9 Å². The normalized spacial score (nSPS) is 12.1. The monoisotopic (exact) mass is 276 g/mol. The molecule has 2 rings (SSSR count). The predicted octanol–water partition coefficient (Wildman–Crippen LogP) is 3.23. The van der Waals surface area contributed by atoms with E-state index in [0.717, 1.165) is 5.56 Å². The lowest BCUT2D eigenvalue weighted by atomic mass is 9.98. The van der Waals surface area contributed by atoms with Crippen molar-refractivity contribution in [1.29, 1.82) is 0 Å². The van der Waals surface area contributed by atoms with Gasteiger partial charge in [-0.2, -0.15) is 0 Å². The van der Waals surface area contributed by atoms with Crippen molar-refractivity contribution in [3.8, 4) is 11.5 Å². The minimum atomic E-state index is -0.977. The van der Waals surface area contributed by atoms with E-state index in [2.05, 4.69) is 0 Å². The summed E-state index contributed by atoms with van der Waals surface area (Å²) < 4.78 is 24.0. The Balaban J connectivity index is 2.50. The van der Waals surface area contributed by atoms with Crippen LogP contribution in [0.15, 0.2) is 36.4 Å². The molecule has 0 heterocycles. The summed E-state index contributed by atoms with van der Waals surface area (Å²) in [5.74, 6) is 0.600. The van der Waals surface area contributed by atoms with Crippen molar-refractivity contribution in [1.82, 2.24) is 0 Å². The van der Waals surface area contributed by atoms with Crippen LogP contribution >= 0.6 is 0 Å². The number of methoxy groups -OCH3 is 2. The van der Waals surface area contributed by atoms with E-state index in [0.29, 0.717) is 22.6 Å². The molecular weight excluding hydrogens is 259 g/mol. The third kappa shape index (κ3) is 2.75. The van der Waals surface area contributed by atoms with Crippen molar-refractivity contribution < 1.29 is 19.0 Å². The molecule has 0 aromatic heterocycles. The van der Waals surface area contributed by atoms with Gasteiger partial charge in [-0.25, -0.2) is 4.39 Å². The minimum absolute atomic E-state index is 0.374. The van der Waals surface area contributed by atoms with Crippen molar-refractivity contribution in [3.63, 3.8) is 0 Å². The first-order valence-corrected chi connectivity index (χ1v) is 6.23. The number of hydrogen-bond acceptors (Lipinski definition) is 3. The lowest BCUT2D eigenvalue weighted by Crippen LogP contribution is -2.04. The molecule has 0 bridgehead atoms. The second kappa shape index (κ2) is 5.92. The van der Waals surface area contributed by atoms with Crippen LogP contribution in [0, 0.1) is 12.7 Å². The first kappa shape index (κ1) is 14.3. The summed E-state index contributed by atoms with van der Waals surface area (Å²) in [6, 6.07) is 9.70. The third-order valence-corrected chi connectivity index (χ3v) is 3.11. The molecule has 0 spiro atoms.